The number of phenolic OH excluding ortho intramolecular Hbond substituents is 2. The molecule has 4 aromatic rings. The number of hydrogen-bond acceptors (Lipinski definition) is 17. The number of likely N-dealkylation sites (tertiary alicyclic amines) is 1. The van der Waals surface area contributed by atoms with Crippen molar-refractivity contribution >= 4 is 23.4 Å². The first-order valence-corrected chi connectivity index (χ1v) is 24.4. The van der Waals surface area contributed by atoms with Crippen molar-refractivity contribution in [3.8, 4) is 28.4 Å². The molecule has 1 amide bonds. The van der Waals surface area contributed by atoms with Crippen LogP contribution in [0.25, 0.3) is 11.1 Å². The standard InChI is InChI=1S/C31H35NO11.C22H28N2O3.CH4O.Y/c1-14-19(42-22-13-40-9-8-32-22)6-7-23(41-14)43-21-11-15(18(34)12-33)10-17-25(21)31(38)27-26(29(17)36)28(35)16-4-3-5-20(39-2)24(16)30(27)37;1-22(2,27-21(25)24-15-13-20(14-16-24)23(3)26)19-11-9-18(10-12-19)17-7-5-4-6-8-17;1-2;/h3-5,14-15,19,21-23,32-33,36,38H,6-13H2,1-2H3;4-12,20,26H,13-16H2,1-3H3;2H,1H3;/t14-,15?,19-,21-,22?,23?;;;/m0.../s1. The number of hydrogen-bond donors (Lipinski definition) is 6. The topological polar surface area (TPSA) is 243 Å². The van der Waals surface area contributed by atoms with E-state index in [9.17, 15) is 39.7 Å². The van der Waals surface area contributed by atoms with Gasteiger partial charge in [-0.2, -0.15) is 5.06 Å². The molecule has 0 spiro atoms. The summed E-state index contributed by atoms with van der Waals surface area (Å²) >= 11 is 0. The summed E-state index contributed by atoms with van der Waals surface area (Å²) in [6.07, 6.45) is -0.298. The van der Waals surface area contributed by atoms with E-state index in [4.69, 9.17) is 33.5 Å². The quantitative estimate of drug-likeness (QED) is 0.0653. The average Bonchev–Trinajstić information content (AvgIpc) is 3.40. The maximum atomic E-state index is 13.8. The summed E-state index contributed by atoms with van der Waals surface area (Å²) in [5, 5.41) is 53.7. The number of hydroxylamine groups is 2. The number of carbonyl (C=O) groups is 4. The van der Waals surface area contributed by atoms with E-state index in [1.807, 2.05) is 51.1 Å². The van der Waals surface area contributed by atoms with Crippen LogP contribution >= 0.6 is 0 Å². The van der Waals surface area contributed by atoms with Gasteiger partial charge in [-0.1, -0.05) is 66.7 Å². The van der Waals surface area contributed by atoms with Gasteiger partial charge in [0.25, 0.3) is 0 Å². The van der Waals surface area contributed by atoms with Gasteiger partial charge >= 0.3 is 6.09 Å². The summed E-state index contributed by atoms with van der Waals surface area (Å²) in [6.45, 7) is 7.92. The van der Waals surface area contributed by atoms with Crippen molar-refractivity contribution in [3.05, 3.63) is 112 Å². The van der Waals surface area contributed by atoms with Gasteiger partial charge in [-0.05, 0) is 75.6 Å². The second-order valence-electron chi connectivity index (χ2n) is 18.9. The van der Waals surface area contributed by atoms with Crippen molar-refractivity contribution in [1.29, 1.82) is 0 Å². The minimum Gasteiger partial charge on any atom is -0.507 e. The van der Waals surface area contributed by atoms with Crippen LogP contribution < -0.4 is 10.1 Å². The summed E-state index contributed by atoms with van der Waals surface area (Å²) in [5.74, 6) is -3.38. The number of benzene rings is 4. The molecule has 5 aliphatic rings. The number of amides is 1. The fourth-order valence-corrected chi connectivity index (χ4v) is 10.1. The molecular weight excluding hydrogens is 1020 g/mol. The number of Topliss-reactive ketones (excluding diaryl/α,β-unsaturated/α-hetero) is 1. The molecule has 3 saturated heterocycles. The van der Waals surface area contributed by atoms with Gasteiger partial charge < -0.3 is 59.0 Å². The first kappa shape index (κ1) is 57.6. The van der Waals surface area contributed by atoms with Gasteiger partial charge in [-0.25, -0.2) is 4.79 Å². The number of methoxy groups -OCH3 is 1. The summed E-state index contributed by atoms with van der Waals surface area (Å²) in [7, 11) is 4.02. The zero-order chi connectivity index (χ0) is 51.9. The molecule has 9 rings (SSSR count). The van der Waals surface area contributed by atoms with Gasteiger partial charge in [-0.15, -0.1) is 0 Å². The number of nitrogens with zero attached hydrogens (tertiary/aromatic N) is 2. The van der Waals surface area contributed by atoms with Crippen LogP contribution in [0.1, 0.15) is 108 Å². The van der Waals surface area contributed by atoms with Gasteiger partial charge in [0.05, 0.1) is 55.3 Å². The predicted molar refractivity (Wildman–Crippen MR) is 262 cm³/mol. The van der Waals surface area contributed by atoms with E-state index >= 15 is 0 Å². The first-order chi connectivity index (χ1) is 34.6. The van der Waals surface area contributed by atoms with Gasteiger partial charge in [0.2, 0.25) is 5.78 Å². The molecule has 3 unspecified atom stereocenters. The Morgan fingerprint density at radius 2 is 1.53 bits per heavy atom. The molecule has 0 bridgehead atoms. The summed E-state index contributed by atoms with van der Waals surface area (Å²) in [5.41, 5.74) is 2.15. The molecule has 391 valence electrons. The first-order valence-electron chi connectivity index (χ1n) is 24.4. The SMILES string of the molecule is CN(O)C1CCN(C(=O)OC(C)(C)c2ccc(-c3ccccc3)cc2)CC1.CO.COc1cccc2c1C(=O)c1c(O)c3c(c(O)c1C2=O)CC(C(=O)CO)C[C@@H]3OC1CC[C@H](OC2COCCN2)[C@H](C)O1.[Y]. The number of morpholine rings is 1. The van der Waals surface area contributed by atoms with E-state index in [-0.39, 0.29) is 115 Å². The van der Waals surface area contributed by atoms with Crippen LogP contribution in [-0.2, 0) is 73.2 Å². The number of phenols is 2. The van der Waals surface area contributed by atoms with Gasteiger partial charge in [0.15, 0.2) is 17.9 Å². The van der Waals surface area contributed by atoms with Crippen molar-refractivity contribution in [1.82, 2.24) is 15.3 Å². The number of ether oxygens (including phenoxy) is 6. The smallest absolute Gasteiger partial charge is 0.410 e. The Morgan fingerprint density at radius 1 is 0.863 bits per heavy atom. The Labute approximate surface area is 450 Å². The fraction of sp³-hybridized carbons (Fsp3) is 0.481. The number of piperidine rings is 1. The van der Waals surface area contributed by atoms with Gasteiger partial charge in [0, 0.05) is 102 Å². The van der Waals surface area contributed by atoms with Crippen molar-refractivity contribution in [2.24, 2.45) is 5.92 Å². The monoisotopic (exact) mass is 1090 g/mol. The van der Waals surface area contributed by atoms with Crippen molar-refractivity contribution in [2.45, 2.75) is 102 Å². The number of nitrogens with one attached hydrogen (secondary N) is 1. The number of carbonyl (C=O) groups excluding carboxylic acids is 4. The molecule has 3 aliphatic heterocycles. The number of fused-ring (bicyclic) bond motifs is 3. The van der Waals surface area contributed by atoms with Crippen molar-refractivity contribution in [3.63, 3.8) is 0 Å². The Hall–Kier alpha value is -4.70. The molecule has 3 fully saturated rings. The number of ketones is 3. The maximum Gasteiger partial charge on any atom is 0.410 e. The van der Waals surface area contributed by atoms with Crippen LogP contribution in [0.3, 0.4) is 0 Å². The molecule has 0 aromatic heterocycles. The molecule has 3 heterocycles. The Balaban J connectivity index is 0.000000250. The second kappa shape index (κ2) is 25.7. The van der Waals surface area contributed by atoms with E-state index in [1.54, 1.807) is 18.0 Å². The third-order valence-electron chi connectivity index (χ3n) is 14.0. The minimum absolute atomic E-state index is 0. The normalized spacial score (nSPS) is 22.7. The number of aliphatic hydroxyl groups is 2. The Bertz CT molecular complexity index is 2550. The largest absolute Gasteiger partial charge is 0.507 e. The Morgan fingerprint density at radius 3 is 2.15 bits per heavy atom. The van der Waals surface area contributed by atoms with E-state index in [2.05, 4.69) is 29.6 Å². The van der Waals surface area contributed by atoms with E-state index in [0.717, 1.165) is 36.6 Å². The summed E-state index contributed by atoms with van der Waals surface area (Å²) < 4.78 is 35.2. The summed E-state index contributed by atoms with van der Waals surface area (Å²) in [4.78, 5) is 54.4. The molecule has 18 nitrogen and oxygen atoms in total. The molecule has 0 saturated carbocycles. The third kappa shape index (κ3) is 12.9. The zero-order valence-corrected chi connectivity index (χ0v) is 45.1. The molecule has 4 aromatic carbocycles. The van der Waals surface area contributed by atoms with Crippen LogP contribution in [-0.4, -0.2) is 151 Å². The maximum absolute atomic E-state index is 13.8. The molecule has 2 aliphatic carbocycles. The van der Waals surface area contributed by atoms with Gasteiger partial charge in [0.1, 0.15) is 35.7 Å². The molecular formula is C54H67N3O15Y. The van der Waals surface area contributed by atoms with Crippen LogP contribution in [0.2, 0.25) is 0 Å². The number of aromatic hydroxyl groups is 2. The van der Waals surface area contributed by atoms with Crippen molar-refractivity contribution in [2.75, 3.05) is 60.7 Å². The fourth-order valence-electron chi connectivity index (χ4n) is 10.1. The van der Waals surface area contributed by atoms with E-state index < -0.39 is 59.4 Å². The minimum atomic E-state index is -0.981. The Kier molecular flexibility index (Phi) is 20.3. The molecule has 1 radical (unpaired) electrons. The van der Waals surface area contributed by atoms with E-state index in [1.165, 1.54) is 24.3 Å². The second-order valence-corrected chi connectivity index (χ2v) is 18.9. The predicted octanol–water partition coefficient (Wildman–Crippen LogP) is 6.04. The average molecular weight is 1090 g/mol. The number of aliphatic hydroxyl groups excluding tert-OH is 2. The zero-order valence-electron chi connectivity index (χ0n) is 42.2. The molecule has 73 heavy (non-hydrogen) atoms. The van der Waals surface area contributed by atoms with Crippen molar-refractivity contribution < 1.29 is 106 Å². The number of rotatable bonds is 11. The van der Waals surface area contributed by atoms with Crippen LogP contribution in [0, 0.1) is 5.92 Å². The summed E-state index contributed by atoms with van der Waals surface area (Å²) in [6, 6.07) is 23.0. The molecule has 19 heteroatoms. The van der Waals surface area contributed by atoms with Gasteiger partial charge in [-0.3, -0.25) is 19.7 Å². The molecule has 6 N–H and O–H groups in total. The van der Waals surface area contributed by atoms with Crippen LogP contribution in [0.15, 0.2) is 72.8 Å². The molecule has 6 atom stereocenters. The van der Waals surface area contributed by atoms with E-state index in [0.29, 0.717) is 45.7 Å². The van der Waals surface area contributed by atoms with Crippen LogP contribution in [0.4, 0.5) is 4.79 Å². The van der Waals surface area contributed by atoms with Crippen LogP contribution in [0.5, 0.6) is 17.2 Å². The third-order valence-corrected chi connectivity index (χ3v) is 14.0.